The lowest BCUT2D eigenvalue weighted by atomic mass is 9.96. The van der Waals surface area contributed by atoms with Gasteiger partial charge in [-0.05, 0) is 26.3 Å². The Labute approximate surface area is 113 Å². The molecule has 0 saturated carbocycles. The zero-order valence-electron chi connectivity index (χ0n) is 11.5. The Bertz CT molecular complexity index is 553. The van der Waals surface area contributed by atoms with Gasteiger partial charge < -0.3 is 10.4 Å². The van der Waals surface area contributed by atoms with E-state index in [9.17, 15) is 5.11 Å². The van der Waals surface area contributed by atoms with E-state index < -0.39 is 5.60 Å². The van der Waals surface area contributed by atoms with Crippen LogP contribution in [0.1, 0.15) is 23.9 Å². The van der Waals surface area contributed by atoms with Crippen LogP contribution in [0.3, 0.4) is 0 Å². The van der Waals surface area contributed by atoms with Gasteiger partial charge in [-0.15, -0.1) is 0 Å². The van der Waals surface area contributed by atoms with Crippen LogP contribution in [0, 0.1) is 13.8 Å². The van der Waals surface area contributed by atoms with Crippen LogP contribution in [-0.2, 0) is 5.60 Å². The van der Waals surface area contributed by atoms with E-state index in [0.717, 1.165) is 22.8 Å². The summed E-state index contributed by atoms with van der Waals surface area (Å²) < 4.78 is 0. The lowest BCUT2D eigenvalue weighted by molar-refractivity contribution is 0.0714. The van der Waals surface area contributed by atoms with Gasteiger partial charge in [0, 0.05) is 12.7 Å². The van der Waals surface area contributed by atoms with Gasteiger partial charge in [0.15, 0.2) is 0 Å². The van der Waals surface area contributed by atoms with Crippen molar-refractivity contribution < 1.29 is 5.11 Å². The van der Waals surface area contributed by atoms with Crippen molar-refractivity contribution in [2.45, 2.75) is 26.4 Å². The lowest BCUT2D eigenvalue weighted by Crippen LogP contribution is -2.31. The third-order valence-electron chi connectivity index (χ3n) is 3.07. The summed E-state index contributed by atoms with van der Waals surface area (Å²) in [5.74, 6) is 0.719. The second-order valence-corrected chi connectivity index (χ2v) is 4.94. The second-order valence-electron chi connectivity index (χ2n) is 4.94. The van der Waals surface area contributed by atoms with E-state index in [1.54, 1.807) is 13.1 Å². The summed E-state index contributed by atoms with van der Waals surface area (Å²) in [5.41, 5.74) is 1.61. The highest BCUT2D eigenvalue weighted by Gasteiger charge is 2.22. The van der Waals surface area contributed by atoms with Crippen molar-refractivity contribution in [2.75, 3.05) is 11.9 Å². The number of nitrogens with one attached hydrogen (secondary N) is 1. The lowest BCUT2D eigenvalue weighted by Gasteiger charge is -2.24. The van der Waals surface area contributed by atoms with E-state index in [1.807, 2.05) is 44.2 Å². The van der Waals surface area contributed by atoms with Crippen LogP contribution in [0.4, 0.5) is 5.82 Å². The first-order chi connectivity index (χ1) is 8.99. The van der Waals surface area contributed by atoms with Gasteiger partial charge in [-0.3, -0.25) is 4.98 Å². The van der Waals surface area contributed by atoms with Crippen molar-refractivity contribution in [3.8, 4) is 0 Å². The van der Waals surface area contributed by atoms with Crippen LogP contribution < -0.4 is 5.32 Å². The minimum absolute atomic E-state index is 0.385. The second kappa shape index (κ2) is 5.36. The van der Waals surface area contributed by atoms with E-state index in [-0.39, 0.29) is 0 Å². The Morgan fingerprint density at radius 2 is 1.89 bits per heavy atom. The molecule has 4 heteroatoms. The summed E-state index contributed by atoms with van der Waals surface area (Å²) in [6.45, 7) is 5.96. The molecule has 0 fully saturated rings. The maximum absolute atomic E-state index is 10.5. The molecule has 0 aliphatic carbocycles. The fourth-order valence-corrected chi connectivity index (χ4v) is 1.86. The van der Waals surface area contributed by atoms with E-state index >= 15 is 0 Å². The number of aryl methyl sites for hydroxylation is 2. The minimum Gasteiger partial charge on any atom is -0.384 e. The summed E-state index contributed by atoms with van der Waals surface area (Å²) in [6, 6.07) is 9.60. The van der Waals surface area contributed by atoms with Crippen molar-refractivity contribution in [3.63, 3.8) is 0 Å². The van der Waals surface area contributed by atoms with Crippen LogP contribution >= 0.6 is 0 Å². The van der Waals surface area contributed by atoms with E-state index in [2.05, 4.69) is 15.3 Å². The molecule has 0 amide bonds. The molecule has 1 heterocycles. The summed E-state index contributed by atoms with van der Waals surface area (Å²) in [7, 11) is 0. The number of hydrogen-bond donors (Lipinski definition) is 2. The molecule has 19 heavy (non-hydrogen) atoms. The standard InChI is InChI=1S/C15H19N3O/c1-11-9-16-12(2)14(18-11)17-10-15(3,19)13-7-5-4-6-8-13/h4-9,19H,10H2,1-3H3,(H,17,18). The Kier molecular flexibility index (Phi) is 3.81. The smallest absolute Gasteiger partial charge is 0.147 e. The van der Waals surface area contributed by atoms with Gasteiger partial charge in [-0.2, -0.15) is 0 Å². The van der Waals surface area contributed by atoms with E-state index in [4.69, 9.17) is 0 Å². The average Bonchev–Trinajstić information content (AvgIpc) is 2.41. The molecular formula is C15H19N3O. The molecule has 100 valence electrons. The highest BCUT2D eigenvalue weighted by atomic mass is 16.3. The van der Waals surface area contributed by atoms with E-state index in [1.165, 1.54) is 0 Å². The predicted molar refractivity (Wildman–Crippen MR) is 76.0 cm³/mol. The molecule has 1 aromatic carbocycles. The van der Waals surface area contributed by atoms with Gasteiger partial charge in [-0.1, -0.05) is 30.3 Å². The van der Waals surface area contributed by atoms with Gasteiger partial charge in [0.1, 0.15) is 11.4 Å². The molecule has 0 saturated heterocycles. The third-order valence-corrected chi connectivity index (χ3v) is 3.07. The van der Waals surface area contributed by atoms with Crippen LogP contribution in [0.5, 0.6) is 0 Å². The molecular weight excluding hydrogens is 238 g/mol. The number of aliphatic hydroxyl groups is 1. The maximum atomic E-state index is 10.5. The minimum atomic E-state index is -0.945. The first-order valence-electron chi connectivity index (χ1n) is 6.31. The molecule has 2 aromatic rings. The molecule has 1 aromatic heterocycles. The van der Waals surface area contributed by atoms with Crippen molar-refractivity contribution in [1.82, 2.24) is 9.97 Å². The Morgan fingerprint density at radius 3 is 2.58 bits per heavy atom. The molecule has 1 atom stereocenters. The van der Waals surface area contributed by atoms with Gasteiger partial charge in [0.25, 0.3) is 0 Å². The zero-order chi connectivity index (χ0) is 13.9. The number of aromatic nitrogens is 2. The fourth-order valence-electron chi connectivity index (χ4n) is 1.86. The Balaban J connectivity index is 2.12. The number of rotatable bonds is 4. The van der Waals surface area contributed by atoms with Crippen LogP contribution in [0.2, 0.25) is 0 Å². The van der Waals surface area contributed by atoms with Crippen LogP contribution in [0.25, 0.3) is 0 Å². The molecule has 0 aliphatic rings. The van der Waals surface area contributed by atoms with Gasteiger partial charge in [0.2, 0.25) is 0 Å². The molecule has 0 spiro atoms. The first kappa shape index (κ1) is 13.5. The van der Waals surface area contributed by atoms with Gasteiger partial charge in [0.05, 0.1) is 11.4 Å². The van der Waals surface area contributed by atoms with Crippen molar-refractivity contribution in [1.29, 1.82) is 0 Å². The summed E-state index contributed by atoms with van der Waals surface area (Å²) >= 11 is 0. The summed E-state index contributed by atoms with van der Waals surface area (Å²) in [5, 5.41) is 13.7. The fraction of sp³-hybridized carbons (Fsp3) is 0.333. The Morgan fingerprint density at radius 1 is 1.21 bits per heavy atom. The number of benzene rings is 1. The number of nitrogens with zero attached hydrogens (tertiary/aromatic N) is 2. The Hall–Kier alpha value is -1.94. The topological polar surface area (TPSA) is 58.0 Å². The quantitative estimate of drug-likeness (QED) is 0.883. The van der Waals surface area contributed by atoms with Gasteiger partial charge in [-0.25, -0.2) is 4.98 Å². The average molecular weight is 257 g/mol. The molecule has 2 N–H and O–H groups in total. The van der Waals surface area contributed by atoms with Crippen molar-refractivity contribution in [2.24, 2.45) is 0 Å². The maximum Gasteiger partial charge on any atom is 0.147 e. The van der Waals surface area contributed by atoms with Crippen molar-refractivity contribution in [3.05, 3.63) is 53.5 Å². The summed E-state index contributed by atoms with van der Waals surface area (Å²) in [6.07, 6.45) is 1.73. The number of anilines is 1. The highest BCUT2D eigenvalue weighted by Crippen LogP contribution is 2.21. The molecule has 0 aliphatic heterocycles. The number of hydrogen-bond acceptors (Lipinski definition) is 4. The molecule has 0 radical (unpaired) electrons. The SMILES string of the molecule is Cc1cnc(C)c(NCC(C)(O)c2ccccc2)n1. The van der Waals surface area contributed by atoms with Gasteiger partial charge >= 0.3 is 0 Å². The van der Waals surface area contributed by atoms with Crippen LogP contribution in [-0.4, -0.2) is 21.6 Å². The van der Waals surface area contributed by atoms with Crippen LogP contribution in [0.15, 0.2) is 36.5 Å². The highest BCUT2D eigenvalue weighted by molar-refractivity contribution is 5.40. The zero-order valence-corrected chi connectivity index (χ0v) is 11.5. The molecule has 4 nitrogen and oxygen atoms in total. The molecule has 0 bridgehead atoms. The monoisotopic (exact) mass is 257 g/mol. The third kappa shape index (κ3) is 3.29. The largest absolute Gasteiger partial charge is 0.384 e. The van der Waals surface area contributed by atoms with Crippen molar-refractivity contribution >= 4 is 5.82 Å². The predicted octanol–water partition coefficient (Wildman–Crippen LogP) is 2.41. The van der Waals surface area contributed by atoms with E-state index in [0.29, 0.717) is 6.54 Å². The summed E-state index contributed by atoms with van der Waals surface area (Å²) in [4.78, 5) is 8.63. The first-order valence-corrected chi connectivity index (χ1v) is 6.31. The normalized spacial score (nSPS) is 13.9. The molecule has 2 rings (SSSR count). The molecule has 1 unspecified atom stereocenters.